The number of benzene rings is 1. The number of hydrogen-bond acceptors (Lipinski definition) is 7. The molecule has 3 heterocycles. The Balaban J connectivity index is 1.67. The van der Waals surface area contributed by atoms with Crippen LogP contribution in [0.5, 0.6) is 0 Å². The van der Waals surface area contributed by atoms with Gasteiger partial charge in [-0.25, -0.2) is 30.8 Å². The molecule has 0 unspecified atom stereocenters. The van der Waals surface area contributed by atoms with Crippen LogP contribution in [0.2, 0.25) is 5.15 Å². The lowest BCUT2D eigenvalue weighted by molar-refractivity contribution is 0.462. The van der Waals surface area contributed by atoms with Crippen LogP contribution < -0.4 is 10.0 Å². The average Bonchev–Trinajstić information content (AvgIpc) is 3.24. The molecular weight excluding hydrogens is 534 g/mol. The number of nitrogens with zero attached hydrogens (tertiary/aromatic N) is 3. The first-order valence-corrected chi connectivity index (χ1v) is 15.6. The molecule has 3 aromatic heterocycles. The molecule has 1 aliphatic carbocycles. The molecule has 9 nitrogen and oxygen atoms in total. The van der Waals surface area contributed by atoms with Gasteiger partial charge in [-0.2, -0.15) is 0 Å². The number of nitrogens with one attached hydrogen (secondary N) is 2. The Morgan fingerprint density at radius 2 is 1.73 bits per heavy atom. The summed E-state index contributed by atoms with van der Waals surface area (Å²) in [5.41, 5.74) is 1.53. The Kier molecular flexibility index (Phi) is 6.86. The van der Waals surface area contributed by atoms with Gasteiger partial charge >= 0.3 is 0 Å². The normalized spacial score (nSPS) is 15.1. The second-order valence-electron chi connectivity index (χ2n) is 9.17. The summed E-state index contributed by atoms with van der Waals surface area (Å²) in [6.07, 6.45) is 9.42. The summed E-state index contributed by atoms with van der Waals surface area (Å²) in [4.78, 5) is 8.86. The molecule has 4 aromatic rings. The zero-order valence-corrected chi connectivity index (χ0v) is 22.4. The van der Waals surface area contributed by atoms with Crippen LogP contribution in [-0.2, 0) is 20.0 Å². The Morgan fingerprint density at radius 3 is 2.43 bits per heavy atom. The number of aromatic nitrogens is 3. The summed E-state index contributed by atoms with van der Waals surface area (Å²) in [7, 11) is -7.57. The van der Waals surface area contributed by atoms with Gasteiger partial charge in [0.2, 0.25) is 10.0 Å². The number of hydrogen-bond donors (Lipinski definition) is 2. The van der Waals surface area contributed by atoms with Crippen LogP contribution in [0.1, 0.15) is 32.1 Å². The summed E-state index contributed by atoms with van der Waals surface area (Å²) in [6, 6.07) is 13.4. The highest BCUT2D eigenvalue weighted by Gasteiger charge is 2.24. The minimum atomic E-state index is -3.99. The van der Waals surface area contributed by atoms with Crippen LogP contribution in [-0.4, -0.2) is 43.1 Å². The molecule has 0 aliphatic heterocycles. The van der Waals surface area contributed by atoms with Crippen LogP contribution in [0.15, 0.2) is 65.8 Å². The van der Waals surface area contributed by atoms with Gasteiger partial charge in [-0.1, -0.05) is 49.1 Å². The molecule has 0 saturated heterocycles. The molecule has 1 aromatic carbocycles. The molecule has 12 heteroatoms. The summed E-state index contributed by atoms with van der Waals surface area (Å²) in [5, 5.41) is 4.15. The molecule has 0 atom stereocenters. The van der Waals surface area contributed by atoms with Gasteiger partial charge in [0.1, 0.15) is 11.0 Å². The minimum Gasteiger partial charge on any atom is -0.367 e. The van der Waals surface area contributed by atoms with Gasteiger partial charge in [-0.05, 0) is 48.7 Å². The molecule has 1 aliphatic rings. The highest BCUT2D eigenvalue weighted by molar-refractivity contribution is 7.92. The highest BCUT2D eigenvalue weighted by atomic mass is 35.5. The van der Waals surface area contributed by atoms with Gasteiger partial charge in [-0.3, -0.25) is 4.72 Å². The molecule has 5 rings (SSSR count). The summed E-state index contributed by atoms with van der Waals surface area (Å²) >= 11 is 6.40. The minimum absolute atomic E-state index is 0.103. The molecule has 1 saturated carbocycles. The summed E-state index contributed by atoms with van der Waals surface area (Å²) in [5.74, 6) is 0.597. The Morgan fingerprint density at radius 1 is 1.00 bits per heavy atom. The lowest BCUT2D eigenvalue weighted by Crippen LogP contribution is -2.22. The van der Waals surface area contributed by atoms with Crippen molar-refractivity contribution in [3.63, 3.8) is 0 Å². The molecule has 0 bridgehead atoms. The van der Waals surface area contributed by atoms with E-state index in [1.54, 1.807) is 30.3 Å². The molecule has 194 valence electrons. The van der Waals surface area contributed by atoms with Gasteiger partial charge in [0, 0.05) is 23.2 Å². The van der Waals surface area contributed by atoms with Crippen LogP contribution in [0.25, 0.3) is 22.2 Å². The topological polar surface area (TPSA) is 123 Å². The fourth-order valence-electron chi connectivity index (χ4n) is 4.65. The van der Waals surface area contributed by atoms with Crippen molar-refractivity contribution < 1.29 is 16.8 Å². The first kappa shape index (κ1) is 25.5. The maximum absolute atomic E-state index is 13.6. The number of sulfonamides is 1. The van der Waals surface area contributed by atoms with E-state index in [1.165, 1.54) is 30.9 Å². The predicted molar refractivity (Wildman–Crippen MR) is 146 cm³/mol. The maximum Gasteiger partial charge on any atom is 0.269 e. The van der Waals surface area contributed by atoms with E-state index in [2.05, 4.69) is 20.0 Å². The highest BCUT2D eigenvalue weighted by Crippen LogP contribution is 2.36. The molecular formula is C25H26ClN5O4S2. The standard InChI is InChI=1S/C25H26ClN5O4S2/c1-36(32,33)30-19-14-21-22(17-12-23(26)29-24(13-17)28-18-8-4-2-5-9-18)16-31(25(21)27-15-19)37(34,35)20-10-6-3-7-11-20/h3,6-7,10-16,18,30H,2,4-5,8-9H2,1H3,(H,28,29). The second-order valence-corrected chi connectivity index (χ2v) is 13.1. The van der Waals surface area contributed by atoms with Gasteiger partial charge < -0.3 is 5.32 Å². The summed E-state index contributed by atoms with van der Waals surface area (Å²) in [6.45, 7) is 0. The first-order chi connectivity index (χ1) is 17.6. The zero-order chi connectivity index (χ0) is 26.2. The van der Waals surface area contributed by atoms with Gasteiger partial charge in [-0.15, -0.1) is 0 Å². The summed E-state index contributed by atoms with van der Waals surface area (Å²) < 4.78 is 54.3. The Bertz CT molecular complexity index is 1670. The van der Waals surface area contributed by atoms with Crippen molar-refractivity contribution in [1.29, 1.82) is 0 Å². The third-order valence-electron chi connectivity index (χ3n) is 6.28. The van der Waals surface area contributed by atoms with E-state index in [-0.39, 0.29) is 21.4 Å². The van der Waals surface area contributed by atoms with Crippen molar-refractivity contribution in [3.8, 4) is 11.1 Å². The van der Waals surface area contributed by atoms with Crippen LogP contribution in [0.4, 0.5) is 11.5 Å². The third kappa shape index (κ3) is 5.58. The molecule has 37 heavy (non-hydrogen) atoms. The number of pyridine rings is 2. The zero-order valence-electron chi connectivity index (χ0n) is 20.1. The van der Waals surface area contributed by atoms with Crippen molar-refractivity contribution in [2.45, 2.75) is 43.0 Å². The van der Waals surface area contributed by atoms with Crippen LogP contribution in [0, 0.1) is 0 Å². The lowest BCUT2D eigenvalue weighted by atomic mass is 9.95. The van der Waals surface area contributed by atoms with E-state index < -0.39 is 20.0 Å². The number of fused-ring (bicyclic) bond motifs is 1. The van der Waals surface area contributed by atoms with Crippen molar-refractivity contribution in [2.75, 3.05) is 16.3 Å². The number of anilines is 2. The SMILES string of the molecule is CS(=O)(=O)Nc1cnc2c(c1)c(-c1cc(Cl)nc(NC3CCCCC3)c1)cn2S(=O)(=O)c1ccccc1. The van der Waals surface area contributed by atoms with Crippen LogP contribution >= 0.6 is 11.6 Å². The van der Waals surface area contributed by atoms with Crippen molar-refractivity contribution >= 4 is 54.2 Å². The van der Waals surface area contributed by atoms with E-state index in [1.807, 2.05) is 6.07 Å². The van der Waals surface area contributed by atoms with E-state index in [0.717, 1.165) is 35.9 Å². The Hall–Kier alpha value is -3.15. The van der Waals surface area contributed by atoms with Crippen LogP contribution in [0.3, 0.4) is 0 Å². The fraction of sp³-hybridized carbons (Fsp3) is 0.280. The fourth-order valence-corrected chi connectivity index (χ4v) is 6.74. The average molecular weight is 560 g/mol. The molecule has 1 fully saturated rings. The number of halogens is 1. The van der Waals surface area contributed by atoms with E-state index in [0.29, 0.717) is 28.4 Å². The molecule has 0 radical (unpaired) electrons. The van der Waals surface area contributed by atoms with E-state index in [4.69, 9.17) is 11.6 Å². The van der Waals surface area contributed by atoms with E-state index in [9.17, 15) is 16.8 Å². The van der Waals surface area contributed by atoms with Gasteiger partial charge in [0.25, 0.3) is 10.0 Å². The largest absolute Gasteiger partial charge is 0.367 e. The van der Waals surface area contributed by atoms with Gasteiger partial charge in [0.05, 0.1) is 23.0 Å². The Labute approximate surface area is 221 Å². The molecule has 0 spiro atoms. The predicted octanol–water partition coefficient (Wildman–Crippen LogP) is 5.10. The number of rotatable bonds is 7. The first-order valence-electron chi connectivity index (χ1n) is 11.8. The lowest BCUT2D eigenvalue weighted by Gasteiger charge is -2.23. The molecule has 0 amide bonds. The molecule has 2 N–H and O–H groups in total. The maximum atomic E-state index is 13.6. The second kappa shape index (κ2) is 9.96. The smallest absolute Gasteiger partial charge is 0.269 e. The van der Waals surface area contributed by atoms with Gasteiger partial charge in [0.15, 0.2) is 5.65 Å². The van der Waals surface area contributed by atoms with Crippen molar-refractivity contribution in [1.82, 2.24) is 13.9 Å². The van der Waals surface area contributed by atoms with Crippen molar-refractivity contribution in [2.24, 2.45) is 0 Å². The van der Waals surface area contributed by atoms with Crippen molar-refractivity contribution in [3.05, 3.63) is 66.1 Å². The third-order valence-corrected chi connectivity index (χ3v) is 8.74. The monoisotopic (exact) mass is 559 g/mol. The quantitative estimate of drug-likeness (QED) is 0.302. The van der Waals surface area contributed by atoms with E-state index >= 15 is 0 Å².